The van der Waals surface area contributed by atoms with Crippen LogP contribution >= 0.6 is 11.3 Å². The maximum absolute atomic E-state index is 12.4. The van der Waals surface area contributed by atoms with E-state index in [0.29, 0.717) is 25.6 Å². The van der Waals surface area contributed by atoms with Crippen LogP contribution in [0.4, 0.5) is 0 Å². The summed E-state index contributed by atoms with van der Waals surface area (Å²) in [6, 6.07) is 0. The number of rotatable bonds is 7. The number of piperidine rings is 1. The first-order valence-electron chi connectivity index (χ1n) is 7.50. The Labute approximate surface area is 131 Å². The monoisotopic (exact) mass is 331 g/mol. The van der Waals surface area contributed by atoms with Gasteiger partial charge in [-0.2, -0.15) is 28.8 Å². The lowest BCUT2D eigenvalue weighted by molar-refractivity contribution is 0.258. The van der Waals surface area contributed by atoms with Crippen molar-refractivity contribution < 1.29 is 8.42 Å². The first-order valence-corrected chi connectivity index (χ1v) is 9.88. The minimum Gasteiger partial charge on any atom is -0.317 e. The van der Waals surface area contributed by atoms with Gasteiger partial charge in [0.25, 0.3) is 10.2 Å². The summed E-state index contributed by atoms with van der Waals surface area (Å²) in [7, 11) is -3.37. The average Bonchev–Trinajstić information content (AvgIpc) is 2.89. The fraction of sp³-hybridized carbons (Fsp3) is 0.714. The van der Waals surface area contributed by atoms with Crippen molar-refractivity contribution in [2.45, 2.75) is 33.2 Å². The van der Waals surface area contributed by atoms with Crippen molar-refractivity contribution in [1.29, 1.82) is 0 Å². The van der Waals surface area contributed by atoms with Gasteiger partial charge in [-0.15, -0.1) is 0 Å². The van der Waals surface area contributed by atoms with E-state index in [4.69, 9.17) is 0 Å². The summed E-state index contributed by atoms with van der Waals surface area (Å²) < 4.78 is 29.1. The molecule has 1 saturated heterocycles. The van der Waals surface area contributed by atoms with Gasteiger partial charge >= 0.3 is 0 Å². The molecule has 0 radical (unpaired) electrons. The maximum Gasteiger partial charge on any atom is 0.279 e. The van der Waals surface area contributed by atoms with Crippen molar-refractivity contribution in [1.82, 2.24) is 14.3 Å². The predicted molar refractivity (Wildman–Crippen MR) is 87.7 cm³/mol. The molecule has 1 atom stereocenters. The largest absolute Gasteiger partial charge is 0.317 e. The molecule has 0 bridgehead atoms. The second-order valence-corrected chi connectivity index (χ2v) is 8.08. The van der Waals surface area contributed by atoms with Crippen molar-refractivity contribution in [2.75, 3.05) is 26.2 Å². The van der Waals surface area contributed by atoms with Crippen molar-refractivity contribution in [3.63, 3.8) is 0 Å². The molecule has 0 spiro atoms. The Morgan fingerprint density at radius 1 is 1.43 bits per heavy atom. The zero-order valence-electron chi connectivity index (χ0n) is 12.8. The first kappa shape index (κ1) is 16.9. The smallest absolute Gasteiger partial charge is 0.279 e. The van der Waals surface area contributed by atoms with Gasteiger partial charge in [-0.05, 0) is 60.7 Å². The standard InChI is InChI=1S/C14H25N3O2S2/c1-3-15-7-13-5-4-6-17(9-13)21(18,19)16-8-14-11-20-10-12(14)2/h10-11,13,15-16H,3-9H2,1-2H3. The lowest BCUT2D eigenvalue weighted by atomic mass is 10.00. The molecule has 1 aromatic rings. The Morgan fingerprint density at radius 2 is 2.24 bits per heavy atom. The van der Waals surface area contributed by atoms with Gasteiger partial charge in [0.15, 0.2) is 0 Å². The number of nitrogens with zero attached hydrogens (tertiary/aromatic N) is 1. The fourth-order valence-corrected chi connectivity index (χ4v) is 4.74. The van der Waals surface area contributed by atoms with Crippen LogP contribution in [-0.4, -0.2) is 38.9 Å². The summed E-state index contributed by atoms with van der Waals surface area (Å²) in [4.78, 5) is 0. The molecule has 0 amide bonds. The zero-order chi connectivity index (χ0) is 15.3. The summed E-state index contributed by atoms with van der Waals surface area (Å²) in [5.74, 6) is 0.415. The molecule has 120 valence electrons. The minimum absolute atomic E-state index is 0.381. The second-order valence-electron chi connectivity index (χ2n) is 5.58. The molecule has 2 heterocycles. The molecule has 2 rings (SSSR count). The van der Waals surface area contributed by atoms with Crippen LogP contribution in [0.5, 0.6) is 0 Å². The molecule has 0 saturated carbocycles. The second kappa shape index (κ2) is 7.69. The average molecular weight is 332 g/mol. The van der Waals surface area contributed by atoms with E-state index in [2.05, 4.69) is 17.0 Å². The summed E-state index contributed by atoms with van der Waals surface area (Å²) in [6.07, 6.45) is 2.04. The summed E-state index contributed by atoms with van der Waals surface area (Å²) in [5.41, 5.74) is 2.20. The summed E-state index contributed by atoms with van der Waals surface area (Å²) in [5, 5.41) is 7.35. The van der Waals surface area contributed by atoms with E-state index in [1.807, 2.05) is 17.7 Å². The van der Waals surface area contributed by atoms with E-state index >= 15 is 0 Å². The van der Waals surface area contributed by atoms with Crippen LogP contribution < -0.4 is 10.0 Å². The van der Waals surface area contributed by atoms with Crippen molar-refractivity contribution in [2.24, 2.45) is 5.92 Å². The van der Waals surface area contributed by atoms with Gasteiger partial charge in [-0.3, -0.25) is 0 Å². The number of hydrogen-bond acceptors (Lipinski definition) is 4. The van der Waals surface area contributed by atoms with E-state index in [1.54, 1.807) is 15.6 Å². The van der Waals surface area contributed by atoms with Gasteiger partial charge < -0.3 is 5.32 Å². The number of thiophene rings is 1. The summed E-state index contributed by atoms with van der Waals surface area (Å²) >= 11 is 1.61. The SMILES string of the molecule is CCNCC1CCCN(S(=O)(=O)NCc2cscc2C)C1. The Hall–Kier alpha value is -0.470. The van der Waals surface area contributed by atoms with E-state index in [1.165, 1.54) is 0 Å². The molecule has 1 unspecified atom stereocenters. The summed E-state index contributed by atoms with van der Waals surface area (Å²) in [6.45, 7) is 7.53. The van der Waals surface area contributed by atoms with Crippen molar-refractivity contribution in [3.05, 3.63) is 21.9 Å². The predicted octanol–water partition coefficient (Wildman–Crippen LogP) is 1.71. The van der Waals surface area contributed by atoms with Crippen molar-refractivity contribution in [3.8, 4) is 0 Å². The van der Waals surface area contributed by atoms with Gasteiger partial charge in [0, 0.05) is 19.6 Å². The third-order valence-corrected chi connectivity index (χ3v) is 6.34. The molecule has 1 aromatic heterocycles. The molecule has 1 aliphatic rings. The lowest BCUT2D eigenvalue weighted by Gasteiger charge is -2.32. The fourth-order valence-electron chi connectivity index (χ4n) is 2.59. The Balaban J connectivity index is 1.90. The van der Waals surface area contributed by atoms with E-state index < -0.39 is 10.2 Å². The van der Waals surface area contributed by atoms with Crippen LogP contribution in [0.2, 0.25) is 0 Å². The lowest BCUT2D eigenvalue weighted by Crippen LogP contribution is -2.47. The molecule has 21 heavy (non-hydrogen) atoms. The highest BCUT2D eigenvalue weighted by Gasteiger charge is 2.28. The maximum atomic E-state index is 12.4. The molecule has 1 aliphatic heterocycles. The van der Waals surface area contributed by atoms with Crippen molar-refractivity contribution >= 4 is 21.5 Å². The molecule has 0 aromatic carbocycles. The minimum atomic E-state index is -3.37. The van der Waals surface area contributed by atoms with Crippen LogP contribution in [-0.2, 0) is 16.8 Å². The third-order valence-electron chi connectivity index (χ3n) is 3.91. The van der Waals surface area contributed by atoms with Crippen LogP contribution in [0.3, 0.4) is 0 Å². The Morgan fingerprint density at radius 3 is 2.90 bits per heavy atom. The van der Waals surface area contributed by atoms with Crippen LogP contribution in [0.15, 0.2) is 10.8 Å². The highest BCUT2D eigenvalue weighted by atomic mass is 32.2. The zero-order valence-corrected chi connectivity index (χ0v) is 14.4. The van der Waals surface area contributed by atoms with E-state index in [9.17, 15) is 8.42 Å². The van der Waals surface area contributed by atoms with Crippen LogP contribution in [0.1, 0.15) is 30.9 Å². The van der Waals surface area contributed by atoms with Crippen LogP contribution in [0, 0.1) is 12.8 Å². The normalized spacial score (nSPS) is 20.8. The van der Waals surface area contributed by atoms with Gasteiger partial charge in [-0.25, -0.2) is 0 Å². The highest BCUT2D eigenvalue weighted by Crippen LogP contribution is 2.19. The molecule has 5 nitrogen and oxygen atoms in total. The van der Waals surface area contributed by atoms with Gasteiger partial charge in [0.1, 0.15) is 0 Å². The first-order chi connectivity index (χ1) is 10.0. The van der Waals surface area contributed by atoms with Crippen LogP contribution in [0.25, 0.3) is 0 Å². The molecule has 2 N–H and O–H groups in total. The van der Waals surface area contributed by atoms with E-state index in [-0.39, 0.29) is 0 Å². The number of hydrogen-bond donors (Lipinski definition) is 2. The third kappa shape index (κ3) is 4.75. The number of nitrogens with one attached hydrogen (secondary N) is 2. The molecular weight excluding hydrogens is 306 g/mol. The molecule has 1 fully saturated rings. The molecule has 0 aliphatic carbocycles. The molecular formula is C14H25N3O2S2. The van der Waals surface area contributed by atoms with E-state index in [0.717, 1.165) is 37.1 Å². The topological polar surface area (TPSA) is 61.4 Å². The molecule has 7 heteroatoms. The number of aryl methyl sites for hydroxylation is 1. The van der Waals surface area contributed by atoms with Gasteiger partial charge in [0.2, 0.25) is 0 Å². The Bertz CT molecular complexity index is 542. The van der Waals surface area contributed by atoms with Gasteiger partial charge in [-0.1, -0.05) is 6.92 Å². The Kier molecular flexibility index (Phi) is 6.19. The highest BCUT2D eigenvalue weighted by molar-refractivity contribution is 7.87. The van der Waals surface area contributed by atoms with Gasteiger partial charge in [0.05, 0.1) is 0 Å². The quantitative estimate of drug-likeness (QED) is 0.800.